The Bertz CT molecular complexity index is 1160. The normalized spacial score (nSPS) is 10.6. The second kappa shape index (κ2) is 11.7. The van der Waals surface area contributed by atoms with Crippen LogP contribution < -0.4 is 15.5 Å². The van der Waals surface area contributed by atoms with Gasteiger partial charge in [0.25, 0.3) is 5.91 Å². The topological polar surface area (TPSA) is 127 Å². The summed E-state index contributed by atoms with van der Waals surface area (Å²) in [7, 11) is 1.58. The molecule has 1 aromatic heterocycles. The average molecular weight is 449 g/mol. The molecule has 0 aliphatic rings. The number of nitrogens with zero attached hydrogens (tertiary/aromatic N) is 1. The van der Waals surface area contributed by atoms with E-state index in [1.807, 2.05) is 24.4 Å². The van der Waals surface area contributed by atoms with Gasteiger partial charge in [-0.15, -0.1) is 0 Å². The predicted molar refractivity (Wildman–Crippen MR) is 124 cm³/mol. The maximum absolute atomic E-state index is 12.5. The highest BCUT2D eigenvalue weighted by Crippen LogP contribution is 2.27. The Balaban J connectivity index is 1.57. The standard InChI is InChI=1S/C25H28N4O4/c1-33-23-14-19(25(31)27-11-5-3-2-4-6-24(30)29-32)9-8-18(23)13-20-16-28-22-10-7-17(15-26)12-21(20)22/h7-10,12,14,16,28,32H,2-6,11,13H2,1H3,(H,27,31)(H,29,30). The summed E-state index contributed by atoms with van der Waals surface area (Å²) in [6.45, 7) is 0.547. The maximum Gasteiger partial charge on any atom is 0.251 e. The number of ether oxygens (including phenoxy) is 1. The molecule has 2 aromatic carbocycles. The van der Waals surface area contributed by atoms with Gasteiger partial charge in [-0.25, -0.2) is 5.48 Å². The second-order valence-electron chi connectivity index (χ2n) is 7.84. The van der Waals surface area contributed by atoms with Crippen LogP contribution in [0.4, 0.5) is 0 Å². The number of nitrogens with one attached hydrogen (secondary N) is 3. The molecular formula is C25H28N4O4. The fourth-order valence-corrected chi connectivity index (χ4v) is 3.76. The van der Waals surface area contributed by atoms with E-state index in [-0.39, 0.29) is 11.8 Å². The summed E-state index contributed by atoms with van der Waals surface area (Å²) >= 11 is 0. The van der Waals surface area contributed by atoms with Crippen LogP contribution in [0.2, 0.25) is 0 Å². The molecule has 33 heavy (non-hydrogen) atoms. The number of carbonyl (C=O) groups is 2. The van der Waals surface area contributed by atoms with E-state index in [2.05, 4.69) is 16.4 Å². The molecule has 0 unspecified atom stereocenters. The molecule has 0 aliphatic heterocycles. The van der Waals surface area contributed by atoms with Gasteiger partial charge in [0.05, 0.1) is 18.7 Å². The molecule has 1 heterocycles. The number of aromatic nitrogens is 1. The number of amides is 2. The zero-order valence-electron chi connectivity index (χ0n) is 18.6. The first kappa shape index (κ1) is 23.8. The fraction of sp³-hybridized carbons (Fsp3) is 0.320. The van der Waals surface area contributed by atoms with Gasteiger partial charge in [-0.1, -0.05) is 18.9 Å². The zero-order chi connectivity index (χ0) is 23.6. The Kier molecular flexibility index (Phi) is 8.44. The molecular weight excluding hydrogens is 420 g/mol. The van der Waals surface area contributed by atoms with E-state index in [1.54, 1.807) is 30.8 Å². The van der Waals surface area contributed by atoms with Gasteiger partial charge in [0, 0.05) is 42.0 Å². The second-order valence-corrected chi connectivity index (χ2v) is 7.84. The van der Waals surface area contributed by atoms with Crippen LogP contribution >= 0.6 is 0 Å². The van der Waals surface area contributed by atoms with Crippen LogP contribution in [0.25, 0.3) is 10.9 Å². The largest absolute Gasteiger partial charge is 0.496 e. The van der Waals surface area contributed by atoms with Crippen LogP contribution in [-0.4, -0.2) is 35.7 Å². The Morgan fingerprint density at radius 3 is 2.67 bits per heavy atom. The summed E-state index contributed by atoms with van der Waals surface area (Å²) in [5, 5.41) is 21.5. The molecule has 8 nitrogen and oxygen atoms in total. The van der Waals surface area contributed by atoms with E-state index < -0.39 is 0 Å². The van der Waals surface area contributed by atoms with Crippen molar-refractivity contribution >= 4 is 22.7 Å². The molecule has 4 N–H and O–H groups in total. The molecule has 0 spiro atoms. The Morgan fingerprint density at radius 1 is 1.09 bits per heavy atom. The van der Waals surface area contributed by atoms with Crippen LogP contribution in [0.3, 0.4) is 0 Å². The fourth-order valence-electron chi connectivity index (χ4n) is 3.76. The van der Waals surface area contributed by atoms with E-state index >= 15 is 0 Å². The van der Waals surface area contributed by atoms with E-state index in [0.29, 0.717) is 42.7 Å². The molecule has 0 saturated heterocycles. The molecule has 0 aliphatic carbocycles. The summed E-state index contributed by atoms with van der Waals surface area (Å²) in [4.78, 5) is 26.7. The van der Waals surface area contributed by atoms with E-state index in [9.17, 15) is 14.9 Å². The molecule has 2 amide bonds. The monoisotopic (exact) mass is 448 g/mol. The van der Waals surface area contributed by atoms with Gasteiger partial charge in [0.15, 0.2) is 0 Å². The number of hydrogen-bond donors (Lipinski definition) is 4. The van der Waals surface area contributed by atoms with Gasteiger partial charge in [-0.3, -0.25) is 14.8 Å². The Morgan fingerprint density at radius 2 is 1.91 bits per heavy atom. The van der Waals surface area contributed by atoms with E-state index in [4.69, 9.17) is 9.94 Å². The lowest BCUT2D eigenvalue weighted by molar-refractivity contribution is -0.129. The maximum atomic E-state index is 12.5. The molecule has 0 fully saturated rings. The van der Waals surface area contributed by atoms with Crippen LogP contribution in [0.5, 0.6) is 5.75 Å². The zero-order valence-corrected chi connectivity index (χ0v) is 18.6. The molecule has 0 radical (unpaired) electrons. The summed E-state index contributed by atoms with van der Waals surface area (Å²) in [5.74, 6) is 0.0955. The Labute approximate surface area is 192 Å². The van der Waals surface area contributed by atoms with Gasteiger partial charge in [-0.05, 0) is 54.3 Å². The lowest BCUT2D eigenvalue weighted by atomic mass is 10.0. The number of hydrogen-bond acceptors (Lipinski definition) is 5. The minimum absolute atomic E-state index is 0.162. The highest BCUT2D eigenvalue weighted by Gasteiger charge is 2.13. The van der Waals surface area contributed by atoms with Crippen molar-refractivity contribution < 1.29 is 19.5 Å². The predicted octanol–water partition coefficient (Wildman–Crippen LogP) is 3.82. The van der Waals surface area contributed by atoms with Crippen molar-refractivity contribution in [2.24, 2.45) is 0 Å². The number of benzene rings is 2. The van der Waals surface area contributed by atoms with Gasteiger partial charge in [-0.2, -0.15) is 5.26 Å². The first-order valence-electron chi connectivity index (χ1n) is 10.9. The molecule has 0 saturated carbocycles. The summed E-state index contributed by atoms with van der Waals surface area (Å²) < 4.78 is 5.55. The number of rotatable bonds is 11. The summed E-state index contributed by atoms with van der Waals surface area (Å²) in [6.07, 6.45) is 6.10. The van der Waals surface area contributed by atoms with Crippen molar-refractivity contribution in [2.45, 2.75) is 38.5 Å². The summed E-state index contributed by atoms with van der Waals surface area (Å²) in [5.41, 5.74) is 5.72. The van der Waals surface area contributed by atoms with Crippen LogP contribution in [0, 0.1) is 11.3 Å². The number of nitriles is 1. The number of methoxy groups -OCH3 is 1. The summed E-state index contributed by atoms with van der Waals surface area (Å²) in [6, 6.07) is 13.2. The first-order valence-corrected chi connectivity index (χ1v) is 10.9. The molecule has 0 atom stereocenters. The van der Waals surface area contributed by atoms with Gasteiger partial charge in [0.2, 0.25) is 5.91 Å². The van der Waals surface area contributed by atoms with Crippen molar-refractivity contribution in [2.75, 3.05) is 13.7 Å². The van der Waals surface area contributed by atoms with Crippen molar-refractivity contribution in [1.82, 2.24) is 15.8 Å². The minimum atomic E-state index is -0.377. The number of hydroxylamine groups is 1. The highest BCUT2D eigenvalue weighted by molar-refractivity contribution is 5.94. The quantitative estimate of drug-likeness (QED) is 0.201. The lowest BCUT2D eigenvalue weighted by Gasteiger charge is -2.11. The van der Waals surface area contributed by atoms with E-state index in [1.165, 1.54) is 0 Å². The average Bonchev–Trinajstić information content (AvgIpc) is 3.24. The number of fused-ring (bicyclic) bond motifs is 1. The molecule has 3 rings (SSSR count). The van der Waals surface area contributed by atoms with Gasteiger partial charge < -0.3 is 15.0 Å². The third-order valence-electron chi connectivity index (χ3n) is 5.57. The van der Waals surface area contributed by atoms with Crippen LogP contribution in [-0.2, 0) is 11.2 Å². The SMILES string of the molecule is COc1cc(C(=O)NCCCCCCC(=O)NO)ccc1Cc1c[nH]c2ccc(C#N)cc12. The number of unbranched alkanes of at least 4 members (excludes halogenated alkanes) is 3. The third kappa shape index (κ3) is 6.34. The van der Waals surface area contributed by atoms with Crippen LogP contribution in [0.1, 0.15) is 59.2 Å². The molecule has 172 valence electrons. The number of H-pyrrole nitrogens is 1. The van der Waals surface area contributed by atoms with Gasteiger partial charge in [0.1, 0.15) is 5.75 Å². The van der Waals surface area contributed by atoms with Gasteiger partial charge >= 0.3 is 0 Å². The minimum Gasteiger partial charge on any atom is -0.496 e. The van der Waals surface area contributed by atoms with Crippen molar-refractivity contribution in [3.8, 4) is 11.8 Å². The van der Waals surface area contributed by atoms with E-state index in [0.717, 1.165) is 41.3 Å². The smallest absolute Gasteiger partial charge is 0.251 e. The lowest BCUT2D eigenvalue weighted by Crippen LogP contribution is -2.24. The molecule has 3 aromatic rings. The molecule has 0 bridgehead atoms. The highest BCUT2D eigenvalue weighted by atomic mass is 16.5. The first-order chi connectivity index (χ1) is 16.0. The number of carbonyl (C=O) groups excluding carboxylic acids is 2. The molecule has 8 heteroatoms. The van der Waals surface area contributed by atoms with Crippen molar-refractivity contribution in [3.63, 3.8) is 0 Å². The van der Waals surface area contributed by atoms with Crippen LogP contribution in [0.15, 0.2) is 42.6 Å². The third-order valence-corrected chi connectivity index (χ3v) is 5.57. The number of aromatic amines is 1. The van der Waals surface area contributed by atoms with Crippen molar-refractivity contribution in [1.29, 1.82) is 5.26 Å². The van der Waals surface area contributed by atoms with Crippen molar-refractivity contribution in [3.05, 3.63) is 64.8 Å². The Hall–Kier alpha value is -3.83.